The smallest absolute Gasteiger partial charge is 0.258 e. The number of nitrogens with zero attached hydrogens (tertiary/aromatic N) is 2. The summed E-state index contributed by atoms with van der Waals surface area (Å²) in [6.45, 7) is 6.32. The molecule has 7 nitrogen and oxygen atoms in total. The van der Waals surface area contributed by atoms with Crippen molar-refractivity contribution in [3.8, 4) is 0 Å². The number of carbonyl (C=O) groups excluding carboxylic acids is 2. The lowest BCUT2D eigenvalue weighted by molar-refractivity contribution is -0.120. The second-order valence-corrected chi connectivity index (χ2v) is 8.27. The lowest BCUT2D eigenvalue weighted by Crippen LogP contribution is -2.34. The largest absolute Gasteiger partial charge is 0.378 e. The second kappa shape index (κ2) is 8.49. The van der Waals surface area contributed by atoms with Gasteiger partial charge >= 0.3 is 0 Å². The van der Waals surface area contributed by atoms with Crippen LogP contribution in [0.4, 0.5) is 5.82 Å². The van der Waals surface area contributed by atoms with E-state index in [0.717, 1.165) is 41.3 Å². The average Bonchev–Trinajstić information content (AvgIpc) is 3.59. The summed E-state index contributed by atoms with van der Waals surface area (Å²) in [7, 11) is 0. The fourth-order valence-corrected chi connectivity index (χ4v) is 3.97. The first-order valence-electron chi connectivity index (χ1n) is 11.0. The molecule has 4 rings (SSSR count). The van der Waals surface area contributed by atoms with Crippen LogP contribution in [0.25, 0.3) is 16.5 Å². The Balaban J connectivity index is 1.70. The van der Waals surface area contributed by atoms with Gasteiger partial charge in [0.15, 0.2) is 5.78 Å². The van der Waals surface area contributed by atoms with E-state index in [2.05, 4.69) is 15.6 Å². The number of allylic oxidation sites excluding steroid dienone is 2. The lowest BCUT2D eigenvalue weighted by Gasteiger charge is -2.22. The molecule has 0 bridgehead atoms. The number of hydrogen-bond acceptors (Lipinski definition) is 5. The third-order valence-electron chi connectivity index (χ3n) is 5.88. The normalized spacial score (nSPS) is 18.2. The van der Waals surface area contributed by atoms with E-state index in [1.165, 1.54) is 0 Å². The number of aryl methyl sites for hydroxylation is 1. The summed E-state index contributed by atoms with van der Waals surface area (Å²) in [6.07, 6.45) is 8.52. The molecule has 0 aromatic carbocycles. The Labute approximate surface area is 181 Å². The van der Waals surface area contributed by atoms with Gasteiger partial charge in [-0.15, -0.1) is 0 Å². The number of hydrogen-bond donors (Lipinski definition) is 2. The Morgan fingerprint density at radius 2 is 2.03 bits per heavy atom. The van der Waals surface area contributed by atoms with Gasteiger partial charge in [-0.2, -0.15) is 0 Å². The van der Waals surface area contributed by atoms with Crippen LogP contribution in [0.5, 0.6) is 0 Å². The molecule has 7 heteroatoms. The molecule has 1 unspecified atom stereocenters. The Hall–Kier alpha value is -3.22. The Morgan fingerprint density at radius 3 is 2.68 bits per heavy atom. The molecular weight excluding hydrogens is 392 g/mol. The topological polar surface area (TPSA) is 93.1 Å². The highest BCUT2D eigenvalue weighted by molar-refractivity contribution is 5.95. The predicted octanol–water partition coefficient (Wildman–Crippen LogP) is 3.39. The average molecular weight is 421 g/mol. The fourth-order valence-electron chi connectivity index (χ4n) is 3.97. The maximum Gasteiger partial charge on any atom is 0.258 e. The molecule has 1 atom stereocenters. The number of Topliss-reactive ketones (excluding diaryl/α,β-unsaturated/α-hetero) is 1. The quantitative estimate of drug-likeness (QED) is 0.716. The van der Waals surface area contributed by atoms with E-state index in [-0.39, 0.29) is 29.2 Å². The van der Waals surface area contributed by atoms with Crippen molar-refractivity contribution in [1.29, 1.82) is 0 Å². The van der Waals surface area contributed by atoms with Gasteiger partial charge in [0, 0.05) is 53.9 Å². The van der Waals surface area contributed by atoms with Crippen LogP contribution in [0, 0.1) is 5.92 Å². The number of ketones is 1. The molecular formula is C24H28N4O3. The molecule has 0 saturated heterocycles. The van der Waals surface area contributed by atoms with Crippen LogP contribution < -0.4 is 16.2 Å². The van der Waals surface area contributed by atoms with Crippen molar-refractivity contribution >= 4 is 34.0 Å². The third-order valence-corrected chi connectivity index (χ3v) is 5.88. The molecule has 1 amide bonds. The van der Waals surface area contributed by atoms with E-state index in [1.807, 2.05) is 32.9 Å². The van der Waals surface area contributed by atoms with Crippen molar-refractivity contribution in [2.24, 2.45) is 5.92 Å². The molecule has 2 aromatic rings. The molecule has 2 aromatic heterocycles. The van der Waals surface area contributed by atoms with E-state index in [1.54, 1.807) is 23.0 Å². The number of amides is 1. The molecule has 2 aliphatic rings. The molecule has 31 heavy (non-hydrogen) atoms. The monoisotopic (exact) mass is 420 g/mol. The molecule has 162 valence electrons. The Morgan fingerprint density at radius 1 is 1.26 bits per heavy atom. The minimum atomic E-state index is -0.350. The van der Waals surface area contributed by atoms with Gasteiger partial charge in [-0.25, -0.2) is 4.98 Å². The molecule has 1 aliphatic heterocycles. The van der Waals surface area contributed by atoms with Crippen LogP contribution in [0.3, 0.4) is 0 Å². The Kier molecular flexibility index (Phi) is 5.76. The highest BCUT2D eigenvalue weighted by Gasteiger charge is 2.30. The summed E-state index contributed by atoms with van der Waals surface area (Å²) in [5.74, 6) is 0.680. The zero-order chi connectivity index (χ0) is 22.1. The van der Waals surface area contributed by atoms with Gasteiger partial charge in [0.2, 0.25) is 5.91 Å². The molecule has 0 radical (unpaired) electrons. The lowest BCUT2D eigenvalue weighted by atomic mass is 9.93. The van der Waals surface area contributed by atoms with Crippen LogP contribution in [0.15, 0.2) is 41.0 Å². The number of dihydropyridines is 1. The second-order valence-electron chi connectivity index (χ2n) is 8.27. The van der Waals surface area contributed by atoms with Crippen molar-refractivity contribution in [1.82, 2.24) is 14.9 Å². The van der Waals surface area contributed by atoms with Crippen molar-refractivity contribution in [3.63, 3.8) is 0 Å². The molecule has 2 N–H and O–H groups in total. The van der Waals surface area contributed by atoms with Gasteiger partial charge in [0.25, 0.3) is 5.56 Å². The van der Waals surface area contributed by atoms with Crippen molar-refractivity contribution < 1.29 is 9.59 Å². The highest BCUT2D eigenvalue weighted by atomic mass is 16.2. The van der Waals surface area contributed by atoms with Crippen molar-refractivity contribution in [2.45, 2.75) is 59.0 Å². The summed E-state index contributed by atoms with van der Waals surface area (Å²) in [6, 6.07) is 3.25. The zero-order valence-electron chi connectivity index (χ0n) is 18.2. The SMILES string of the molecule is CCCC(=O)C1C=C(C)C(c2cc3cnc(NC(=O)C4CC4)cc3n(CC)c2=O)=CN1. The summed E-state index contributed by atoms with van der Waals surface area (Å²) >= 11 is 0. The maximum atomic E-state index is 13.3. The molecule has 1 saturated carbocycles. The fraction of sp³-hybridized carbons (Fsp3) is 0.417. The van der Waals surface area contributed by atoms with E-state index < -0.39 is 0 Å². The van der Waals surface area contributed by atoms with E-state index in [4.69, 9.17) is 0 Å². The first-order valence-corrected chi connectivity index (χ1v) is 11.0. The number of aromatic nitrogens is 2. The zero-order valence-corrected chi connectivity index (χ0v) is 18.2. The van der Waals surface area contributed by atoms with E-state index in [9.17, 15) is 14.4 Å². The summed E-state index contributed by atoms with van der Waals surface area (Å²) in [5.41, 5.74) is 2.86. The summed E-state index contributed by atoms with van der Waals surface area (Å²) in [5, 5.41) is 6.81. The first-order chi connectivity index (χ1) is 14.9. The minimum absolute atomic E-state index is 0.0137. The van der Waals surface area contributed by atoms with Gasteiger partial charge in [-0.05, 0) is 44.7 Å². The number of anilines is 1. The van der Waals surface area contributed by atoms with Crippen molar-refractivity contribution in [3.05, 3.63) is 52.1 Å². The van der Waals surface area contributed by atoms with Gasteiger partial charge in [0.05, 0.1) is 5.52 Å². The third kappa shape index (κ3) is 4.17. The molecule has 1 fully saturated rings. The number of rotatable bonds is 7. The van der Waals surface area contributed by atoms with E-state index in [0.29, 0.717) is 24.3 Å². The van der Waals surface area contributed by atoms with Gasteiger partial charge in [-0.1, -0.05) is 13.0 Å². The van der Waals surface area contributed by atoms with Crippen LogP contribution in [-0.4, -0.2) is 27.3 Å². The van der Waals surface area contributed by atoms with Crippen LogP contribution in [-0.2, 0) is 16.1 Å². The molecule has 1 aliphatic carbocycles. The number of carbonyl (C=O) groups is 2. The van der Waals surface area contributed by atoms with Gasteiger partial charge < -0.3 is 15.2 Å². The van der Waals surface area contributed by atoms with E-state index >= 15 is 0 Å². The molecule has 0 spiro atoms. The maximum absolute atomic E-state index is 13.3. The van der Waals surface area contributed by atoms with Crippen LogP contribution >= 0.6 is 0 Å². The van der Waals surface area contributed by atoms with Crippen LogP contribution in [0.2, 0.25) is 0 Å². The van der Waals surface area contributed by atoms with Crippen molar-refractivity contribution in [2.75, 3.05) is 5.32 Å². The van der Waals surface area contributed by atoms with Gasteiger partial charge in [0.1, 0.15) is 11.9 Å². The number of fused-ring (bicyclic) bond motifs is 1. The minimum Gasteiger partial charge on any atom is -0.378 e. The number of nitrogens with one attached hydrogen (secondary N) is 2. The van der Waals surface area contributed by atoms with Crippen LogP contribution in [0.1, 0.15) is 52.0 Å². The summed E-state index contributed by atoms with van der Waals surface area (Å²) in [4.78, 5) is 42.0. The summed E-state index contributed by atoms with van der Waals surface area (Å²) < 4.78 is 1.70. The number of pyridine rings is 2. The van der Waals surface area contributed by atoms with Gasteiger partial charge in [-0.3, -0.25) is 14.4 Å². The predicted molar refractivity (Wildman–Crippen MR) is 122 cm³/mol. The first kappa shape index (κ1) is 21.0. The highest BCUT2D eigenvalue weighted by Crippen LogP contribution is 2.30. The standard InChI is InChI=1S/C24H28N4O3/c1-4-6-21(29)19-9-14(3)18(13-25-19)17-10-16-12-26-22(27-23(30)15-7-8-15)11-20(16)28(5-2)24(17)31/h9-13,15,19,25H,4-8H2,1-3H3,(H,26,27,30). The molecule has 3 heterocycles. The Bertz CT molecular complexity index is 1170.